The molecule has 5 nitrogen and oxygen atoms in total. The van der Waals surface area contributed by atoms with E-state index in [9.17, 15) is 10.1 Å². The first kappa shape index (κ1) is 17.2. The van der Waals surface area contributed by atoms with Crippen LogP contribution < -0.4 is 5.32 Å². The minimum atomic E-state index is -0.388. The molecule has 3 aromatic rings. The minimum Gasteiger partial charge on any atom is -0.352 e. The molecule has 0 spiro atoms. The summed E-state index contributed by atoms with van der Waals surface area (Å²) in [6.45, 7) is 2.28. The molecule has 2 aromatic carbocycles. The van der Waals surface area contributed by atoms with Crippen LogP contribution in [0.2, 0.25) is 0 Å². The molecule has 0 saturated heterocycles. The molecule has 3 rings (SSSR count). The predicted molar refractivity (Wildman–Crippen MR) is 101 cm³/mol. The van der Waals surface area contributed by atoms with Crippen molar-refractivity contribution in [3.63, 3.8) is 0 Å². The number of nitrogens with one attached hydrogen (secondary N) is 1. The molecule has 0 unspecified atom stereocenters. The molecular weight excluding hydrogens is 324 g/mol. The highest BCUT2D eigenvalue weighted by Crippen LogP contribution is 2.25. The van der Waals surface area contributed by atoms with Crippen LogP contribution in [0.4, 0.5) is 0 Å². The van der Waals surface area contributed by atoms with Crippen LogP contribution in [0.15, 0.2) is 72.4 Å². The SMILES string of the molecule is CCNC(=O)/C(C#N)=C/c1cn(-c2ccccc2)nc1-c1ccccc1. The third-order valence-corrected chi connectivity index (χ3v) is 3.81. The Morgan fingerprint density at radius 1 is 1.15 bits per heavy atom. The van der Waals surface area contributed by atoms with Crippen LogP contribution in [-0.4, -0.2) is 22.2 Å². The number of nitrogens with zero attached hydrogens (tertiary/aromatic N) is 3. The number of hydrogen-bond donors (Lipinski definition) is 1. The molecule has 0 bridgehead atoms. The Hall–Kier alpha value is -3.65. The Labute approximate surface area is 152 Å². The number of nitriles is 1. The second kappa shape index (κ2) is 7.95. The van der Waals surface area contributed by atoms with Gasteiger partial charge in [0.1, 0.15) is 11.6 Å². The number of rotatable bonds is 5. The first-order valence-corrected chi connectivity index (χ1v) is 8.33. The van der Waals surface area contributed by atoms with Crippen LogP contribution in [0.5, 0.6) is 0 Å². The average Bonchev–Trinajstić information content (AvgIpc) is 3.11. The smallest absolute Gasteiger partial charge is 0.261 e. The Balaban J connectivity index is 2.12. The van der Waals surface area contributed by atoms with Crippen molar-refractivity contribution in [2.75, 3.05) is 6.54 Å². The Morgan fingerprint density at radius 2 is 1.81 bits per heavy atom. The van der Waals surface area contributed by atoms with E-state index < -0.39 is 0 Å². The monoisotopic (exact) mass is 342 g/mol. The molecule has 0 atom stereocenters. The van der Waals surface area contributed by atoms with Crippen LogP contribution in [0, 0.1) is 11.3 Å². The number of amides is 1. The summed E-state index contributed by atoms with van der Waals surface area (Å²) in [5.41, 5.74) is 3.30. The molecule has 26 heavy (non-hydrogen) atoms. The van der Waals surface area contributed by atoms with Crippen molar-refractivity contribution in [2.45, 2.75) is 6.92 Å². The Morgan fingerprint density at radius 3 is 2.42 bits per heavy atom. The van der Waals surface area contributed by atoms with Gasteiger partial charge in [0.2, 0.25) is 0 Å². The topological polar surface area (TPSA) is 70.7 Å². The summed E-state index contributed by atoms with van der Waals surface area (Å²) in [5.74, 6) is -0.388. The fourth-order valence-electron chi connectivity index (χ4n) is 2.59. The van der Waals surface area contributed by atoms with E-state index in [4.69, 9.17) is 0 Å². The first-order valence-electron chi connectivity index (χ1n) is 8.33. The average molecular weight is 342 g/mol. The van der Waals surface area contributed by atoms with Gasteiger partial charge in [-0.3, -0.25) is 4.79 Å². The van der Waals surface area contributed by atoms with Crippen LogP contribution in [0.3, 0.4) is 0 Å². The maximum atomic E-state index is 12.1. The summed E-state index contributed by atoms with van der Waals surface area (Å²) >= 11 is 0. The fraction of sp³-hybridized carbons (Fsp3) is 0.0952. The van der Waals surface area contributed by atoms with Crippen LogP contribution in [0.25, 0.3) is 23.0 Å². The Bertz CT molecular complexity index is 966. The van der Waals surface area contributed by atoms with Gasteiger partial charge in [-0.2, -0.15) is 10.4 Å². The molecule has 5 heteroatoms. The quantitative estimate of drug-likeness (QED) is 0.569. The third kappa shape index (κ3) is 3.70. The van der Waals surface area contributed by atoms with Crippen molar-refractivity contribution >= 4 is 12.0 Å². The number of likely N-dealkylation sites (N-methyl/N-ethyl adjacent to an activating group) is 1. The molecular formula is C21H18N4O. The Kier molecular flexibility index (Phi) is 5.25. The van der Waals surface area contributed by atoms with E-state index in [0.29, 0.717) is 17.8 Å². The summed E-state index contributed by atoms with van der Waals surface area (Å²) in [7, 11) is 0. The highest BCUT2D eigenvalue weighted by atomic mass is 16.1. The van der Waals surface area contributed by atoms with Gasteiger partial charge in [-0.15, -0.1) is 0 Å². The van der Waals surface area contributed by atoms with Crippen LogP contribution in [-0.2, 0) is 4.79 Å². The maximum Gasteiger partial charge on any atom is 0.261 e. The van der Waals surface area contributed by atoms with Gasteiger partial charge in [-0.25, -0.2) is 4.68 Å². The van der Waals surface area contributed by atoms with Gasteiger partial charge in [-0.05, 0) is 25.1 Å². The number of hydrogen-bond acceptors (Lipinski definition) is 3. The molecule has 1 amide bonds. The van der Waals surface area contributed by atoms with Gasteiger partial charge in [0, 0.05) is 23.9 Å². The van der Waals surface area contributed by atoms with Gasteiger partial charge in [-0.1, -0.05) is 48.5 Å². The van der Waals surface area contributed by atoms with Gasteiger partial charge < -0.3 is 5.32 Å². The van der Waals surface area contributed by atoms with Gasteiger partial charge in [0.15, 0.2) is 0 Å². The normalized spacial score (nSPS) is 11.0. The number of carbonyl (C=O) groups is 1. The van der Waals surface area contributed by atoms with Gasteiger partial charge in [0.25, 0.3) is 5.91 Å². The molecule has 0 saturated carbocycles. The molecule has 0 aliphatic rings. The van der Waals surface area contributed by atoms with E-state index in [-0.39, 0.29) is 11.5 Å². The highest BCUT2D eigenvalue weighted by Gasteiger charge is 2.14. The zero-order valence-corrected chi connectivity index (χ0v) is 14.4. The maximum absolute atomic E-state index is 12.1. The summed E-state index contributed by atoms with van der Waals surface area (Å²) in [6.07, 6.45) is 3.41. The van der Waals surface area contributed by atoms with Crippen LogP contribution >= 0.6 is 0 Å². The molecule has 0 aliphatic carbocycles. The van der Waals surface area contributed by atoms with Crippen molar-refractivity contribution in [2.24, 2.45) is 0 Å². The number of aromatic nitrogens is 2. The minimum absolute atomic E-state index is 0.0524. The van der Waals surface area contributed by atoms with Crippen molar-refractivity contribution in [3.05, 3.63) is 78.0 Å². The van der Waals surface area contributed by atoms with E-state index in [1.54, 1.807) is 10.8 Å². The largest absolute Gasteiger partial charge is 0.352 e. The summed E-state index contributed by atoms with van der Waals surface area (Å²) in [6, 6.07) is 21.4. The third-order valence-electron chi connectivity index (χ3n) is 3.81. The lowest BCUT2D eigenvalue weighted by atomic mass is 10.1. The molecule has 0 aliphatic heterocycles. The zero-order valence-electron chi connectivity index (χ0n) is 14.4. The summed E-state index contributed by atoms with van der Waals surface area (Å²) in [4.78, 5) is 12.1. The second-order valence-corrected chi connectivity index (χ2v) is 5.61. The molecule has 1 heterocycles. The standard InChI is InChI=1S/C21H18N4O/c1-2-23-21(26)17(14-22)13-18-15-25(19-11-7-4-8-12-19)24-20(18)16-9-5-3-6-10-16/h3-13,15H,2H2,1H3,(H,23,26)/b17-13+. The van der Waals surface area contributed by atoms with Crippen molar-refractivity contribution < 1.29 is 4.79 Å². The van der Waals surface area contributed by atoms with E-state index >= 15 is 0 Å². The van der Waals surface area contributed by atoms with E-state index in [2.05, 4.69) is 10.4 Å². The number of benzene rings is 2. The highest BCUT2D eigenvalue weighted by molar-refractivity contribution is 6.02. The van der Waals surface area contributed by atoms with E-state index in [0.717, 1.165) is 11.3 Å². The molecule has 1 aromatic heterocycles. The lowest BCUT2D eigenvalue weighted by Crippen LogP contribution is -2.23. The second-order valence-electron chi connectivity index (χ2n) is 5.61. The van der Waals surface area contributed by atoms with Crippen molar-refractivity contribution in [1.29, 1.82) is 5.26 Å². The zero-order chi connectivity index (χ0) is 18.4. The van der Waals surface area contributed by atoms with Crippen molar-refractivity contribution in [3.8, 4) is 23.0 Å². The summed E-state index contributed by atoms with van der Waals surface area (Å²) in [5, 5.41) is 16.7. The van der Waals surface area contributed by atoms with Crippen LogP contribution in [0.1, 0.15) is 12.5 Å². The lowest BCUT2D eigenvalue weighted by Gasteiger charge is -2.01. The lowest BCUT2D eigenvalue weighted by molar-refractivity contribution is -0.116. The van der Waals surface area contributed by atoms with Gasteiger partial charge >= 0.3 is 0 Å². The first-order chi connectivity index (χ1) is 12.7. The number of carbonyl (C=O) groups excluding carboxylic acids is 1. The predicted octanol–water partition coefficient (Wildman–Crippen LogP) is 3.58. The number of para-hydroxylation sites is 1. The molecule has 1 N–H and O–H groups in total. The molecule has 128 valence electrons. The summed E-state index contributed by atoms with van der Waals surface area (Å²) < 4.78 is 1.75. The van der Waals surface area contributed by atoms with E-state index in [1.807, 2.05) is 79.9 Å². The van der Waals surface area contributed by atoms with E-state index in [1.165, 1.54) is 0 Å². The van der Waals surface area contributed by atoms with Crippen molar-refractivity contribution in [1.82, 2.24) is 15.1 Å². The van der Waals surface area contributed by atoms with Gasteiger partial charge in [0.05, 0.1) is 11.4 Å². The fourth-order valence-corrected chi connectivity index (χ4v) is 2.59. The molecule has 0 radical (unpaired) electrons. The molecule has 0 fully saturated rings.